The molecular weight excluding hydrogens is 382 g/mol. The molecule has 2 atom stereocenters. The summed E-state index contributed by atoms with van der Waals surface area (Å²) in [5, 5.41) is 6.67. The Morgan fingerprint density at radius 1 is 1.33 bits per heavy atom. The van der Waals surface area contributed by atoms with Crippen LogP contribution >= 0.6 is 0 Å². The smallest absolute Gasteiger partial charge is 0.410 e. The summed E-state index contributed by atoms with van der Waals surface area (Å²) in [4.78, 5) is 18.6. The summed E-state index contributed by atoms with van der Waals surface area (Å²) in [5.41, 5.74) is 1.81. The molecule has 8 heteroatoms. The molecule has 2 aliphatic carbocycles. The maximum Gasteiger partial charge on any atom is 0.410 e. The number of nitrogens with zero attached hydrogens (tertiary/aromatic N) is 4. The van der Waals surface area contributed by atoms with E-state index in [4.69, 9.17) is 9.47 Å². The van der Waals surface area contributed by atoms with E-state index in [0.29, 0.717) is 12.5 Å². The third kappa shape index (κ3) is 4.18. The standard InChI is InChI=1S/C22H31N5O3/c1-15-11-18(27-14-24-25-27)13-23-20(15)29-10-5-17-12-19(17)16-3-8-26(9-4-16)21(28)30-22(2)6-7-22/h11,13-14,16-17,19,25H,3-10,12H2,1-2H3/t17-,19-/m1/s1. The van der Waals surface area contributed by atoms with Gasteiger partial charge >= 0.3 is 6.09 Å². The molecule has 2 saturated carbocycles. The molecule has 0 radical (unpaired) electrons. The number of carbonyl (C=O) groups is 1. The Balaban J connectivity index is 1.02. The van der Waals surface area contributed by atoms with Crippen molar-refractivity contribution in [1.82, 2.24) is 24.9 Å². The molecule has 0 aromatic carbocycles. The summed E-state index contributed by atoms with van der Waals surface area (Å²) in [6.07, 6.45) is 9.98. The number of H-pyrrole nitrogens is 1. The van der Waals surface area contributed by atoms with Crippen molar-refractivity contribution in [1.29, 1.82) is 0 Å². The van der Waals surface area contributed by atoms with Gasteiger partial charge in [0.25, 0.3) is 0 Å². The first-order valence-electron chi connectivity index (χ1n) is 11.2. The van der Waals surface area contributed by atoms with Crippen LogP contribution in [-0.4, -0.2) is 56.3 Å². The maximum absolute atomic E-state index is 12.3. The van der Waals surface area contributed by atoms with Gasteiger partial charge in [-0.25, -0.2) is 19.7 Å². The van der Waals surface area contributed by atoms with Crippen molar-refractivity contribution in [2.24, 2.45) is 17.8 Å². The molecule has 1 N–H and O–H groups in total. The predicted molar refractivity (Wildman–Crippen MR) is 111 cm³/mol. The molecule has 1 amide bonds. The molecule has 3 heterocycles. The highest BCUT2D eigenvalue weighted by Gasteiger charge is 2.45. The first kappa shape index (κ1) is 19.5. The third-order valence-corrected chi connectivity index (χ3v) is 7.03. The summed E-state index contributed by atoms with van der Waals surface area (Å²) >= 11 is 0. The quantitative estimate of drug-likeness (QED) is 0.748. The number of pyridine rings is 1. The van der Waals surface area contributed by atoms with E-state index < -0.39 is 0 Å². The first-order chi connectivity index (χ1) is 14.5. The van der Waals surface area contributed by atoms with Crippen molar-refractivity contribution in [3.63, 3.8) is 0 Å². The van der Waals surface area contributed by atoms with Crippen LogP contribution in [0.4, 0.5) is 4.79 Å². The van der Waals surface area contributed by atoms with Gasteiger partial charge in [0.15, 0.2) is 0 Å². The average Bonchev–Trinajstić information content (AvgIpc) is 3.60. The lowest BCUT2D eigenvalue weighted by Crippen LogP contribution is -2.40. The number of hydrogen-bond acceptors (Lipinski definition) is 5. The largest absolute Gasteiger partial charge is 0.477 e. The van der Waals surface area contributed by atoms with Crippen LogP contribution in [0.25, 0.3) is 5.69 Å². The number of amides is 1. The summed E-state index contributed by atoms with van der Waals surface area (Å²) in [6.45, 7) is 6.43. The molecule has 0 bridgehead atoms. The van der Waals surface area contributed by atoms with Gasteiger partial charge in [-0.15, -0.1) is 5.10 Å². The van der Waals surface area contributed by atoms with E-state index in [1.165, 1.54) is 6.42 Å². The van der Waals surface area contributed by atoms with Crippen LogP contribution in [0.15, 0.2) is 18.6 Å². The number of aryl methyl sites for hydroxylation is 1. The third-order valence-electron chi connectivity index (χ3n) is 7.03. The van der Waals surface area contributed by atoms with Crippen molar-refractivity contribution in [3.05, 3.63) is 24.2 Å². The Bertz CT molecular complexity index is 885. The number of piperidine rings is 1. The monoisotopic (exact) mass is 413 g/mol. The summed E-state index contributed by atoms with van der Waals surface area (Å²) in [6, 6.07) is 2.04. The fraction of sp³-hybridized carbons (Fsp3) is 0.682. The Morgan fingerprint density at radius 3 is 2.73 bits per heavy atom. The van der Waals surface area contributed by atoms with Crippen LogP contribution in [0.1, 0.15) is 51.0 Å². The molecule has 5 rings (SSSR count). The highest BCUT2D eigenvalue weighted by Crippen LogP contribution is 2.50. The van der Waals surface area contributed by atoms with Gasteiger partial charge in [-0.2, -0.15) is 0 Å². The normalized spacial score (nSPS) is 25.2. The van der Waals surface area contributed by atoms with Gasteiger partial charge < -0.3 is 14.4 Å². The second-order valence-electron chi connectivity index (χ2n) is 9.47. The number of rotatable bonds is 7. The zero-order valence-electron chi connectivity index (χ0n) is 17.8. The number of aromatic nitrogens is 4. The van der Waals surface area contributed by atoms with Gasteiger partial charge in [0.1, 0.15) is 11.9 Å². The number of ether oxygens (including phenoxy) is 2. The molecule has 2 aromatic rings. The van der Waals surface area contributed by atoms with Gasteiger partial charge in [-0.1, -0.05) is 0 Å². The van der Waals surface area contributed by atoms with Crippen molar-refractivity contribution in [2.75, 3.05) is 19.7 Å². The Labute approximate surface area is 176 Å². The van der Waals surface area contributed by atoms with E-state index in [2.05, 4.69) is 15.3 Å². The zero-order chi connectivity index (χ0) is 20.7. The van der Waals surface area contributed by atoms with Crippen molar-refractivity contribution in [2.45, 2.75) is 58.0 Å². The van der Waals surface area contributed by atoms with E-state index in [1.54, 1.807) is 12.5 Å². The fourth-order valence-electron chi connectivity index (χ4n) is 4.62. The zero-order valence-corrected chi connectivity index (χ0v) is 17.8. The minimum absolute atomic E-state index is 0.111. The highest BCUT2D eigenvalue weighted by atomic mass is 16.6. The average molecular weight is 414 g/mol. The lowest BCUT2D eigenvalue weighted by molar-refractivity contribution is 0.0473. The second kappa shape index (κ2) is 7.63. The lowest BCUT2D eigenvalue weighted by atomic mass is 9.91. The molecule has 162 valence electrons. The Hall–Kier alpha value is -2.51. The minimum Gasteiger partial charge on any atom is -0.477 e. The number of nitrogens with one attached hydrogen (secondary N) is 1. The van der Waals surface area contributed by atoms with E-state index in [9.17, 15) is 4.79 Å². The molecule has 3 fully saturated rings. The predicted octanol–water partition coefficient (Wildman–Crippen LogP) is 3.71. The highest BCUT2D eigenvalue weighted by molar-refractivity contribution is 5.68. The topological polar surface area (TPSA) is 85.3 Å². The van der Waals surface area contributed by atoms with Gasteiger partial charge in [-0.05, 0) is 76.2 Å². The summed E-state index contributed by atoms with van der Waals surface area (Å²) in [5.74, 6) is 2.99. The summed E-state index contributed by atoms with van der Waals surface area (Å²) in [7, 11) is 0. The molecule has 8 nitrogen and oxygen atoms in total. The van der Waals surface area contributed by atoms with Crippen molar-refractivity contribution >= 4 is 6.09 Å². The Kier molecular flexibility index (Phi) is 4.95. The van der Waals surface area contributed by atoms with Crippen molar-refractivity contribution in [3.8, 4) is 11.6 Å². The van der Waals surface area contributed by atoms with Gasteiger partial charge in [0.2, 0.25) is 5.88 Å². The van der Waals surface area contributed by atoms with E-state index >= 15 is 0 Å². The van der Waals surface area contributed by atoms with Crippen LogP contribution in [0.2, 0.25) is 0 Å². The van der Waals surface area contributed by atoms with Crippen molar-refractivity contribution < 1.29 is 14.3 Å². The van der Waals surface area contributed by atoms with Crippen LogP contribution < -0.4 is 4.74 Å². The summed E-state index contributed by atoms with van der Waals surface area (Å²) < 4.78 is 13.4. The molecule has 0 unspecified atom stereocenters. The number of aromatic amines is 1. The molecule has 30 heavy (non-hydrogen) atoms. The van der Waals surface area contributed by atoms with Crippen LogP contribution in [0.3, 0.4) is 0 Å². The lowest BCUT2D eigenvalue weighted by Gasteiger charge is -2.32. The van der Waals surface area contributed by atoms with Gasteiger partial charge in [-0.3, -0.25) is 0 Å². The molecule has 1 aliphatic heterocycles. The van der Waals surface area contributed by atoms with Crippen LogP contribution in [-0.2, 0) is 4.74 Å². The molecule has 3 aliphatic rings. The molecule has 1 saturated heterocycles. The molecule has 2 aromatic heterocycles. The Morgan fingerprint density at radius 2 is 2.10 bits per heavy atom. The van der Waals surface area contributed by atoms with Crippen LogP contribution in [0.5, 0.6) is 5.88 Å². The molecule has 0 spiro atoms. The van der Waals surface area contributed by atoms with Crippen LogP contribution in [0, 0.1) is 24.7 Å². The number of hydrogen-bond donors (Lipinski definition) is 1. The SMILES string of the molecule is Cc1cc(-n2cn[nH]2)cnc1OCC[C@@H]1C[C@@H]1C1CCN(C(=O)OC2(C)CC2)CC1. The molecular formula is C22H31N5O3. The minimum atomic E-state index is -0.178. The van der Waals surface area contributed by atoms with E-state index in [1.807, 2.05) is 29.5 Å². The number of carbonyl (C=O) groups excluding carboxylic acids is 1. The number of likely N-dealkylation sites (tertiary alicyclic amines) is 1. The van der Waals surface area contributed by atoms with E-state index in [-0.39, 0.29) is 11.7 Å². The fourth-order valence-corrected chi connectivity index (χ4v) is 4.62. The van der Waals surface area contributed by atoms with E-state index in [0.717, 1.165) is 74.2 Å². The second-order valence-corrected chi connectivity index (χ2v) is 9.47. The van der Waals surface area contributed by atoms with Gasteiger partial charge in [0, 0.05) is 18.7 Å². The maximum atomic E-state index is 12.3. The first-order valence-corrected chi connectivity index (χ1v) is 11.2. The van der Waals surface area contributed by atoms with Gasteiger partial charge in [0.05, 0.1) is 18.5 Å².